The fourth-order valence-electron chi connectivity index (χ4n) is 2.69. The van der Waals surface area contributed by atoms with Gasteiger partial charge < -0.3 is 15.5 Å². The van der Waals surface area contributed by atoms with Crippen LogP contribution in [0.3, 0.4) is 0 Å². The Bertz CT molecular complexity index is 439. The molecule has 1 heterocycles. The second-order valence-corrected chi connectivity index (χ2v) is 5.69. The highest BCUT2D eigenvalue weighted by atomic mass is 16.1. The van der Waals surface area contributed by atoms with Crippen molar-refractivity contribution in [3.05, 3.63) is 24.3 Å². The SMILES string of the molecule is CN(C)c1ccccc1NC(=O)CCC1CCNCC1. The minimum absolute atomic E-state index is 0.123. The molecule has 0 saturated carbocycles. The first-order valence-electron chi connectivity index (χ1n) is 7.43. The summed E-state index contributed by atoms with van der Waals surface area (Å²) < 4.78 is 0. The van der Waals surface area contributed by atoms with E-state index < -0.39 is 0 Å². The van der Waals surface area contributed by atoms with Crippen molar-refractivity contribution in [3.63, 3.8) is 0 Å². The van der Waals surface area contributed by atoms with Gasteiger partial charge in [0, 0.05) is 20.5 Å². The summed E-state index contributed by atoms with van der Waals surface area (Å²) >= 11 is 0. The number of nitrogens with one attached hydrogen (secondary N) is 2. The second-order valence-electron chi connectivity index (χ2n) is 5.69. The second kappa shape index (κ2) is 7.29. The molecule has 1 aromatic rings. The number of benzene rings is 1. The lowest BCUT2D eigenvalue weighted by atomic mass is 9.93. The largest absolute Gasteiger partial charge is 0.376 e. The third-order valence-corrected chi connectivity index (χ3v) is 3.90. The normalized spacial score (nSPS) is 15.9. The molecule has 1 aliphatic rings. The molecule has 2 rings (SSSR count). The van der Waals surface area contributed by atoms with Gasteiger partial charge in [0.2, 0.25) is 5.91 Å². The number of hydrogen-bond donors (Lipinski definition) is 2. The molecule has 1 fully saturated rings. The highest BCUT2D eigenvalue weighted by molar-refractivity contribution is 5.94. The lowest BCUT2D eigenvalue weighted by Gasteiger charge is -2.22. The van der Waals surface area contributed by atoms with Gasteiger partial charge in [-0.25, -0.2) is 0 Å². The van der Waals surface area contributed by atoms with Crippen LogP contribution in [0.1, 0.15) is 25.7 Å². The monoisotopic (exact) mass is 275 g/mol. The van der Waals surface area contributed by atoms with Crippen LogP contribution in [0.5, 0.6) is 0 Å². The number of nitrogens with zero attached hydrogens (tertiary/aromatic N) is 1. The number of carbonyl (C=O) groups excluding carboxylic acids is 1. The van der Waals surface area contributed by atoms with E-state index in [0.29, 0.717) is 12.3 Å². The number of rotatable bonds is 5. The van der Waals surface area contributed by atoms with Gasteiger partial charge in [-0.1, -0.05) is 12.1 Å². The predicted molar refractivity (Wildman–Crippen MR) is 84.2 cm³/mol. The van der Waals surface area contributed by atoms with E-state index in [-0.39, 0.29) is 5.91 Å². The quantitative estimate of drug-likeness (QED) is 0.867. The molecule has 0 unspecified atom stereocenters. The maximum absolute atomic E-state index is 12.1. The molecule has 0 spiro atoms. The van der Waals surface area contributed by atoms with Crippen LogP contribution in [0.25, 0.3) is 0 Å². The van der Waals surface area contributed by atoms with Gasteiger partial charge in [-0.05, 0) is 50.4 Å². The first-order valence-corrected chi connectivity index (χ1v) is 7.43. The molecular weight excluding hydrogens is 250 g/mol. The maximum atomic E-state index is 12.1. The summed E-state index contributed by atoms with van der Waals surface area (Å²) in [5.41, 5.74) is 1.94. The van der Waals surface area contributed by atoms with Crippen LogP contribution < -0.4 is 15.5 Å². The molecule has 1 saturated heterocycles. The van der Waals surface area contributed by atoms with Gasteiger partial charge >= 0.3 is 0 Å². The molecule has 110 valence electrons. The van der Waals surface area contributed by atoms with E-state index in [0.717, 1.165) is 30.9 Å². The minimum atomic E-state index is 0.123. The summed E-state index contributed by atoms with van der Waals surface area (Å²) in [5, 5.41) is 6.39. The molecule has 4 nitrogen and oxygen atoms in total. The van der Waals surface area contributed by atoms with Crippen LogP contribution in [0.2, 0.25) is 0 Å². The van der Waals surface area contributed by atoms with Crippen LogP contribution >= 0.6 is 0 Å². The maximum Gasteiger partial charge on any atom is 0.224 e. The number of para-hydroxylation sites is 2. The van der Waals surface area contributed by atoms with Crippen molar-refractivity contribution >= 4 is 17.3 Å². The van der Waals surface area contributed by atoms with E-state index >= 15 is 0 Å². The highest BCUT2D eigenvalue weighted by Gasteiger charge is 2.15. The van der Waals surface area contributed by atoms with Gasteiger partial charge in [0.05, 0.1) is 11.4 Å². The average molecular weight is 275 g/mol. The topological polar surface area (TPSA) is 44.4 Å². The predicted octanol–water partition coefficient (Wildman–Crippen LogP) is 2.47. The van der Waals surface area contributed by atoms with Crippen LogP contribution in [0.4, 0.5) is 11.4 Å². The molecule has 2 N–H and O–H groups in total. The van der Waals surface area contributed by atoms with Crippen molar-refractivity contribution < 1.29 is 4.79 Å². The summed E-state index contributed by atoms with van der Waals surface area (Å²) in [7, 11) is 3.97. The Kier molecular flexibility index (Phi) is 5.41. The lowest BCUT2D eigenvalue weighted by molar-refractivity contribution is -0.116. The zero-order valence-corrected chi connectivity index (χ0v) is 12.5. The molecule has 0 radical (unpaired) electrons. The zero-order valence-electron chi connectivity index (χ0n) is 12.5. The fourth-order valence-corrected chi connectivity index (χ4v) is 2.69. The molecule has 0 aliphatic carbocycles. The van der Waals surface area contributed by atoms with Crippen molar-refractivity contribution in [1.29, 1.82) is 0 Å². The molecule has 20 heavy (non-hydrogen) atoms. The standard InChI is InChI=1S/C16H25N3O/c1-19(2)15-6-4-3-5-14(15)18-16(20)8-7-13-9-11-17-12-10-13/h3-6,13,17H,7-12H2,1-2H3,(H,18,20). The van der Waals surface area contributed by atoms with E-state index in [1.165, 1.54) is 12.8 Å². The number of piperidine rings is 1. The van der Waals surface area contributed by atoms with Crippen molar-refractivity contribution in [2.45, 2.75) is 25.7 Å². The van der Waals surface area contributed by atoms with Crippen molar-refractivity contribution in [2.24, 2.45) is 5.92 Å². The zero-order chi connectivity index (χ0) is 14.4. The number of hydrogen-bond acceptors (Lipinski definition) is 3. The van der Waals surface area contributed by atoms with Crippen molar-refractivity contribution in [1.82, 2.24) is 5.32 Å². The van der Waals surface area contributed by atoms with E-state index in [1.807, 2.05) is 43.3 Å². The molecule has 0 atom stereocenters. The molecule has 1 aliphatic heterocycles. The van der Waals surface area contributed by atoms with Gasteiger partial charge in [-0.2, -0.15) is 0 Å². The molecule has 1 aromatic carbocycles. The summed E-state index contributed by atoms with van der Waals surface area (Å²) in [6.07, 6.45) is 4.01. The first kappa shape index (κ1) is 14.9. The Morgan fingerprint density at radius 2 is 2.00 bits per heavy atom. The number of anilines is 2. The first-order chi connectivity index (χ1) is 9.66. The van der Waals surface area contributed by atoms with Crippen LogP contribution in [0.15, 0.2) is 24.3 Å². The van der Waals surface area contributed by atoms with E-state index in [9.17, 15) is 4.79 Å². The van der Waals surface area contributed by atoms with Crippen molar-refractivity contribution in [2.75, 3.05) is 37.4 Å². The van der Waals surface area contributed by atoms with Gasteiger partial charge in [0.25, 0.3) is 0 Å². The fraction of sp³-hybridized carbons (Fsp3) is 0.562. The highest BCUT2D eigenvalue weighted by Crippen LogP contribution is 2.24. The summed E-state index contributed by atoms with van der Waals surface area (Å²) in [6, 6.07) is 7.91. The van der Waals surface area contributed by atoms with Crippen molar-refractivity contribution in [3.8, 4) is 0 Å². The molecule has 4 heteroatoms. The Labute approximate surface area is 121 Å². The molecule has 0 bridgehead atoms. The lowest BCUT2D eigenvalue weighted by Crippen LogP contribution is -2.28. The van der Waals surface area contributed by atoms with Gasteiger partial charge in [0.15, 0.2) is 0 Å². The summed E-state index contributed by atoms with van der Waals surface area (Å²) in [5.74, 6) is 0.823. The Morgan fingerprint density at radius 3 is 2.70 bits per heavy atom. The van der Waals surface area contributed by atoms with Gasteiger partial charge in [-0.3, -0.25) is 4.79 Å². The van der Waals surface area contributed by atoms with E-state index in [1.54, 1.807) is 0 Å². The summed E-state index contributed by atoms with van der Waals surface area (Å²) in [6.45, 7) is 2.19. The minimum Gasteiger partial charge on any atom is -0.376 e. The third-order valence-electron chi connectivity index (χ3n) is 3.90. The van der Waals surface area contributed by atoms with Gasteiger partial charge in [0.1, 0.15) is 0 Å². The number of carbonyl (C=O) groups is 1. The molecule has 0 aromatic heterocycles. The van der Waals surface area contributed by atoms with Crippen LogP contribution in [0, 0.1) is 5.92 Å². The molecule has 1 amide bonds. The average Bonchev–Trinajstić information content (AvgIpc) is 2.46. The number of amides is 1. The summed E-state index contributed by atoms with van der Waals surface area (Å²) in [4.78, 5) is 14.1. The Morgan fingerprint density at radius 1 is 1.30 bits per heavy atom. The van der Waals surface area contributed by atoms with Crippen LogP contribution in [-0.2, 0) is 4.79 Å². The Hall–Kier alpha value is -1.55. The van der Waals surface area contributed by atoms with Crippen LogP contribution in [-0.4, -0.2) is 33.1 Å². The third kappa shape index (κ3) is 4.23. The van der Waals surface area contributed by atoms with E-state index in [4.69, 9.17) is 0 Å². The van der Waals surface area contributed by atoms with Gasteiger partial charge in [-0.15, -0.1) is 0 Å². The smallest absolute Gasteiger partial charge is 0.224 e. The Balaban J connectivity index is 1.85. The molecular formula is C16H25N3O. The van der Waals surface area contributed by atoms with E-state index in [2.05, 4.69) is 10.6 Å².